The highest BCUT2D eigenvalue weighted by Gasteiger charge is 2.16. The van der Waals surface area contributed by atoms with Crippen molar-refractivity contribution in [2.24, 2.45) is 0 Å². The molecule has 0 fully saturated rings. The molecule has 0 atom stereocenters. The standard InChI is InChI=1S/C12H16F2O2/c1-7(2)15-9-5-6-10(16-8(3)4)12(14)11(9)13/h5-8H,1-4H3. The normalized spacial score (nSPS) is 11.0. The van der Waals surface area contributed by atoms with Crippen LogP contribution in [0.2, 0.25) is 0 Å². The minimum Gasteiger partial charge on any atom is -0.488 e. The van der Waals surface area contributed by atoms with Gasteiger partial charge in [0.05, 0.1) is 12.2 Å². The maximum absolute atomic E-state index is 13.5. The third kappa shape index (κ3) is 3.08. The Morgan fingerprint density at radius 1 is 0.812 bits per heavy atom. The van der Waals surface area contributed by atoms with Gasteiger partial charge in [-0.1, -0.05) is 0 Å². The van der Waals surface area contributed by atoms with Gasteiger partial charge in [-0.15, -0.1) is 0 Å². The molecule has 0 amide bonds. The van der Waals surface area contributed by atoms with Crippen molar-refractivity contribution in [2.75, 3.05) is 0 Å². The van der Waals surface area contributed by atoms with Gasteiger partial charge in [0.2, 0.25) is 11.6 Å². The quantitative estimate of drug-likeness (QED) is 0.787. The summed E-state index contributed by atoms with van der Waals surface area (Å²) < 4.78 is 37.2. The molecule has 16 heavy (non-hydrogen) atoms. The van der Waals surface area contributed by atoms with E-state index in [0.29, 0.717) is 0 Å². The molecule has 0 spiro atoms. The van der Waals surface area contributed by atoms with Crippen LogP contribution in [-0.4, -0.2) is 12.2 Å². The first-order chi connectivity index (χ1) is 7.41. The highest BCUT2D eigenvalue weighted by molar-refractivity contribution is 5.35. The second-order valence-corrected chi connectivity index (χ2v) is 4.02. The molecule has 1 aromatic rings. The number of hydrogen-bond acceptors (Lipinski definition) is 2. The van der Waals surface area contributed by atoms with E-state index >= 15 is 0 Å². The van der Waals surface area contributed by atoms with Crippen molar-refractivity contribution in [3.63, 3.8) is 0 Å². The van der Waals surface area contributed by atoms with Gasteiger partial charge in [-0.2, -0.15) is 8.78 Å². The van der Waals surface area contributed by atoms with E-state index in [2.05, 4.69) is 0 Å². The molecule has 0 aliphatic rings. The molecular formula is C12H16F2O2. The van der Waals surface area contributed by atoms with E-state index in [9.17, 15) is 8.78 Å². The second-order valence-electron chi connectivity index (χ2n) is 4.02. The van der Waals surface area contributed by atoms with Gasteiger partial charge in [-0.05, 0) is 39.8 Å². The molecule has 0 heterocycles. The molecule has 0 aromatic heterocycles. The lowest BCUT2D eigenvalue weighted by molar-refractivity contribution is 0.212. The van der Waals surface area contributed by atoms with Crippen LogP contribution in [-0.2, 0) is 0 Å². The van der Waals surface area contributed by atoms with E-state index in [0.717, 1.165) is 0 Å². The molecule has 90 valence electrons. The summed E-state index contributed by atoms with van der Waals surface area (Å²) >= 11 is 0. The van der Waals surface area contributed by atoms with E-state index in [-0.39, 0.29) is 23.7 Å². The summed E-state index contributed by atoms with van der Waals surface area (Å²) in [6.45, 7) is 6.98. The fraction of sp³-hybridized carbons (Fsp3) is 0.500. The van der Waals surface area contributed by atoms with E-state index in [4.69, 9.17) is 9.47 Å². The Bertz CT molecular complexity index is 327. The van der Waals surface area contributed by atoms with E-state index in [1.54, 1.807) is 27.7 Å². The first-order valence-corrected chi connectivity index (χ1v) is 5.23. The summed E-state index contributed by atoms with van der Waals surface area (Å²) in [5, 5.41) is 0. The van der Waals surface area contributed by atoms with Gasteiger partial charge in [0.15, 0.2) is 11.5 Å². The van der Waals surface area contributed by atoms with E-state index < -0.39 is 11.6 Å². The minimum absolute atomic E-state index is 0.0939. The fourth-order valence-electron chi connectivity index (χ4n) is 1.20. The van der Waals surface area contributed by atoms with Crippen molar-refractivity contribution in [1.29, 1.82) is 0 Å². The Morgan fingerprint density at radius 2 is 1.12 bits per heavy atom. The topological polar surface area (TPSA) is 18.5 Å². The summed E-state index contributed by atoms with van der Waals surface area (Å²) in [7, 11) is 0. The van der Waals surface area contributed by atoms with Crippen molar-refractivity contribution < 1.29 is 18.3 Å². The molecule has 2 nitrogen and oxygen atoms in total. The van der Waals surface area contributed by atoms with Crippen molar-refractivity contribution in [1.82, 2.24) is 0 Å². The van der Waals surface area contributed by atoms with Crippen LogP contribution in [0.4, 0.5) is 8.78 Å². The Labute approximate surface area is 94.2 Å². The number of benzene rings is 1. The highest BCUT2D eigenvalue weighted by Crippen LogP contribution is 2.28. The van der Waals surface area contributed by atoms with Gasteiger partial charge in [-0.25, -0.2) is 0 Å². The molecule has 0 aliphatic carbocycles. The SMILES string of the molecule is CC(C)Oc1ccc(OC(C)C)c(F)c1F. The van der Waals surface area contributed by atoms with Crippen LogP contribution in [0.3, 0.4) is 0 Å². The minimum atomic E-state index is -1.01. The summed E-state index contributed by atoms with van der Waals surface area (Å²) in [6.07, 6.45) is -0.406. The Kier molecular flexibility index (Phi) is 4.10. The van der Waals surface area contributed by atoms with Gasteiger partial charge in [0.25, 0.3) is 0 Å². The van der Waals surface area contributed by atoms with Crippen LogP contribution in [0, 0.1) is 11.6 Å². The highest BCUT2D eigenvalue weighted by atomic mass is 19.2. The van der Waals surface area contributed by atoms with Gasteiger partial charge < -0.3 is 9.47 Å². The van der Waals surface area contributed by atoms with Crippen LogP contribution in [0.1, 0.15) is 27.7 Å². The second kappa shape index (κ2) is 5.14. The van der Waals surface area contributed by atoms with Crippen LogP contribution in [0.15, 0.2) is 12.1 Å². The summed E-state index contributed by atoms with van der Waals surface area (Å²) in [5.41, 5.74) is 0. The molecule has 1 rings (SSSR count). The molecule has 0 aliphatic heterocycles. The van der Waals surface area contributed by atoms with E-state index in [1.165, 1.54) is 12.1 Å². The zero-order valence-electron chi connectivity index (χ0n) is 9.88. The van der Waals surface area contributed by atoms with Crippen LogP contribution >= 0.6 is 0 Å². The summed E-state index contributed by atoms with van der Waals surface area (Å²) in [4.78, 5) is 0. The summed E-state index contributed by atoms with van der Waals surface area (Å²) in [5.74, 6) is -2.20. The van der Waals surface area contributed by atoms with Crippen LogP contribution < -0.4 is 9.47 Å². The Hall–Kier alpha value is -1.32. The van der Waals surface area contributed by atoms with Crippen LogP contribution in [0.5, 0.6) is 11.5 Å². The molecule has 0 unspecified atom stereocenters. The maximum Gasteiger partial charge on any atom is 0.204 e. The van der Waals surface area contributed by atoms with Gasteiger partial charge in [-0.3, -0.25) is 0 Å². The monoisotopic (exact) mass is 230 g/mol. The molecular weight excluding hydrogens is 214 g/mol. The Morgan fingerprint density at radius 3 is 1.38 bits per heavy atom. The number of halogens is 2. The van der Waals surface area contributed by atoms with Crippen molar-refractivity contribution in [3.05, 3.63) is 23.8 Å². The van der Waals surface area contributed by atoms with E-state index in [1.807, 2.05) is 0 Å². The molecule has 4 heteroatoms. The molecule has 0 radical (unpaired) electrons. The molecule has 0 saturated carbocycles. The third-order valence-electron chi connectivity index (χ3n) is 1.74. The zero-order chi connectivity index (χ0) is 12.3. The number of hydrogen-bond donors (Lipinski definition) is 0. The van der Waals surface area contributed by atoms with Crippen molar-refractivity contribution >= 4 is 0 Å². The van der Waals surface area contributed by atoms with Crippen molar-refractivity contribution in [2.45, 2.75) is 39.9 Å². The lowest BCUT2D eigenvalue weighted by Crippen LogP contribution is -2.10. The molecule has 0 N–H and O–H groups in total. The predicted octanol–water partition coefficient (Wildman–Crippen LogP) is 3.54. The Balaban J connectivity index is 2.98. The maximum atomic E-state index is 13.5. The molecule has 0 saturated heterocycles. The smallest absolute Gasteiger partial charge is 0.204 e. The first kappa shape index (κ1) is 12.7. The molecule has 0 bridgehead atoms. The average molecular weight is 230 g/mol. The van der Waals surface area contributed by atoms with Gasteiger partial charge in [0, 0.05) is 0 Å². The van der Waals surface area contributed by atoms with Gasteiger partial charge >= 0.3 is 0 Å². The zero-order valence-corrected chi connectivity index (χ0v) is 9.88. The van der Waals surface area contributed by atoms with Gasteiger partial charge in [0.1, 0.15) is 0 Å². The largest absolute Gasteiger partial charge is 0.488 e. The summed E-state index contributed by atoms with van der Waals surface area (Å²) in [6, 6.07) is 2.74. The first-order valence-electron chi connectivity index (χ1n) is 5.23. The number of ether oxygens (including phenoxy) is 2. The van der Waals surface area contributed by atoms with Crippen LogP contribution in [0.25, 0.3) is 0 Å². The molecule has 1 aromatic carbocycles. The fourth-order valence-corrected chi connectivity index (χ4v) is 1.20. The number of rotatable bonds is 4. The van der Waals surface area contributed by atoms with Crippen molar-refractivity contribution in [3.8, 4) is 11.5 Å². The lowest BCUT2D eigenvalue weighted by Gasteiger charge is -2.14. The lowest BCUT2D eigenvalue weighted by atomic mass is 10.3. The average Bonchev–Trinajstić information content (AvgIpc) is 2.16. The third-order valence-corrected chi connectivity index (χ3v) is 1.74. The predicted molar refractivity (Wildman–Crippen MR) is 57.9 cm³/mol.